The van der Waals surface area contributed by atoms with E-state index in [1.807, 2.05) is 13.1 Å². The summed E-state index contributed by atoms with van der Waals surface area (Å²) < 4.78 is 14.3. The van der Waals surface area contributed by atoms with Crippen LogP contribution in [0.2, 0.25) is 0 Å². The summed E-state index contributed by atoms with van der Waals surface area (Å²) in [5.41, 5.74) is 1.03. The lowest BCUT2D eigenvalue weighted by atomic mass is 9.89. The van der Waals surface area contributed by atoms with Gasteiger partial charge >= 0.3 is 0 Å². The minimum absolute atomic E-state index is 0.175. The molecule has 1 aromatic carbocycles. The molecular formula is C16H25BrFN. The van der Waals surface area contributed by atoms with Crippen LogP contribution >= 0.6 is 15.9 Å². The average Bonchev–Trinajstić information content (AvgIpc) is 2.38. The molecule has 0 saturated heterocycles. The molecule has 2 atom stereocenters. The number of unbranched alkanes of at least 4 members (excludes halogenated alkanes) is 1. The molecule has 1 nitrogen and oxygen atoms in total. The van der Waals surface area contributed by atoms with Gasteiger partial charge in [0.15, 0.2) is 0 Å². The Kier molecular flexibility index (Phi) is 7.62. The summed E-state index contributed by atoms with van der Waals surface area (Å²) in [6.07, 6.45) is 6.05. The highest BCUT2D eigenvalue weighted by Crippen LogP contribution is 2.28. The van der Waals surface area contributed by atoms with Crippen molar-refractivity contribution in [1.82, 2.24) is 5.32 Å². The molecule has 3 heteroatoms. The molecule has 1 aromatic rings. The number of halogens is 2. The van der Waals surface area contributed by atoms with E-state index in [-0.39, 0.29) is 11.9 Å². The fraction of sp³-hybridized carbons (Fsp3) is 0.625. The van der Waals surface area contributed by atoms with Gasteiger partial charge in [-0.2, -0.15) is 0 Å². The van der Waals surface area contributed by atoms with Crippen LogP contribution in [0.3, 0.4) is 0 Å². The first-order valence-corrected chi connectivity index (χ1v) is 8.03. The highest BCUT2D eigenvalue weighted by Gasteiger charge is 2.16. The monoisotopic (exact) mass is 329 g/mol. The van der Waals surface area contributed by atoms with Crippen LogP contribution in [0.1, 0.15) is 57.6 Å². The molecule has 1 rings (SSSR count). The van der Waals surface area contributed by atoms with Crippen LogP contribution in [0.5, 0.6) is 0 Å². The molecule has 0 aliphatic heterocycles. The number of nitrogens with one attached hydrogen (secondary N) is 1. The minimum atomic E-state index is -0.175. The summed E-state index contributed by atoms with van der Waals surface area (Å²) in [6, 6.07) is 5.38. The van der Waals surface area contributed by atoms with Crippen molar-refractivity contribution in [1.29, 1.82) is 0 Å². The lowest BCUT2D eigenvalue weighted by Crippen LogP contribution is -2.20. The Hall–Kier alpha value is -0.410. The maximum absolute atomic E-state index is 13.5. The Balaban J connectivity index is 2.75. The van der Waals surface area contributed by atoms with Gasteiger partial charge in [0.05, 0.1) is 0 Å². The standard InChI is InChI=1S/C16H25BrFN/c1-4-6-7-12(5-2)8-16(19-3)13-9-14(17)11-15(18)10-13/h9-12,16,19H,4-8H2,1-3H3. The molecule has 0 amide bonds. The molecule has 0 aliphatic rings. The summed E-state index contributed by atoms with van der Waals surface area (Å²) in [5.74, 6) is 0.533. The topological polar surface area (TPSA) is 12.0 Å². The van der Waals surface area contributed by atoms with Gasteiger partial charge in [-0.05, 0) is 43.1 Å². The van der Waals surface area contributed by atoms with Gasteiger partial charge in [-0.25, -0.2) is 4.39 Å². The number of hydrogen-bond donors (Lipinski definition) is 1. The number of rotatable bonds is 8. The maximum Gasteiger partial charge on any atom is 0.124 e. The van der Waals surface area contributed by atoms with Gasteiger partial charge in [-0.3, -0.25) is 0 Å². The smallest absolute Gasteiger partial charge is 0.124 e. The number of hydrogen-bond acceptors (Lipinski definition) is 1. The highest BCUT2D eigenvalue weighted by molar-refractivity contribution is 9.10. The molecule has 0 saturated carbocycles. The first-order chi connectivity index (χ1) is 9.10. The van der Waals surface area contributed by atoms with E-state index < -0.39 is 0 Å². The lowest BCUT2D eigenvalue weighted by Gasteiger charge is -2.23. The Morgan fingerprint density at radius 2 is 2.00 bits per heavy atom. The Bertz CT molecular complexity index is 361. The van der Waals surface area contributed by atoms with E-state index in [9.17, 15) is 4.39 Å². The summed E-state index contributed by atoms with van der Waals surface area (Å²) >= 11 is 3.37. The van der Waals surface area contributed by atoms with Crippen molar-refractivity contribution in [3.05, 3.63) is 34.1 Å². The molecule has 0 fully saturated rings. The van der Waals surface area contributed by atoms with Crippen molar-refractivity contribution < 1.29 is 4.39 Å². The summed E-state index contributed by atoms with van der Waals surface area (Å²) in [7, 11) is 1.95. The Labute approximate surface area is 125 Å². The second-order valence-corrected chi connectivity index (χ2v) is 6.11. The fourth-order valence-electron chi connectivity index (χ4n) is 2.51. The van der Waals surface area contributed by atoms with Crippen molar-refractivity contribution in [2.75, 3.05) is 7.05 Å². The van der Waals surface area contributed by atoms with Crippen LogP contribution in [-0.4, -0.2) is 7.05 Å². The number of benzene rings is 1. The average molecular weight is 330 g/mol. The van der Waals surface area contributed by atoms with E-state index in [0.29, 0.717) is 5.92 Å². The summed E-state index contributed by atoms with van der Waals surface area (Å²) in [6.45, 7) is 4.47. The third-order valence-corrected chi connectivity index (χ3v) is 4.21. The molecule has 0 radical (unpaired) electrons. The van der Waals surface area contributed by atoms with Crippen LogP contribution < -0.4 is 5.32 Å². The molecule has 0 bridgehead atoms. The lowest BCUT2D eigenvalue weighted by molar-refractivity contribution is 0.364. The molecule has 2 unspecified atom stereocenters. The van der Waals surface area contributed by atoms with Crippen LogP contribution in [0.15, 0.2) is 22.7 Å². The van der Waals surface area contributed by atoms with E-state index >= 15 is 0 Å². The van der Waals surface area contributed by atoms with Crippen molar-refractivity contribution in [3.8, 4) is 0 Å². The molecule has 0 aromatic heterocycles. The first kappa shape index (κ1) is 16.6. The van der Waals surface area contributed by atoms with Gasteiger partial charge in [-0.1, -0.05) is 55.5 Å². The van der Waals surface area contributed by atoms with Crippen LogP contribution in [0.25, 0.3) is 0 Å². The van der Waals surface area contributed by atoms with Gasteiger partial charge in [-0.15, -0.1) is 0 Å². The third-order valence-electron chi connectivity index (χ3n) is 3.75. The maximum atomic E-state index is 13.5. The normalized spacial score (nSPS) is 14.4. The van der Waals surface area contributed by atoms with Crippen molar-refractivity contribution in [3.63, 3.8) is 0 Å². The highest BCUT2D eigenvalue weighted by atomic mass is 79.9. The predicted octanol–water partition coefficient (Wildman–Crippen LogP) is 5.46. The van der Waals surface area contributed by atoms with Gasteiger partial charge in [0, 0.05) is 10.5 Å². The fourth-order valence-corrected chi connectivity index (χ4v) is 2.99. The molecule has 0 spiro atoms. The molecule has 0 heterocycles. The second kappa shape index (κ2) is 8.70. The Morgan fingerprint density at radius 1 is 1.26 bits per heavy atom. The zero-order valence-corrected chi connectivity index (χ0v) is 13.8. The Morgan fingerprint density at radius 3 is 2.53 bits per heavy atom. The van der Waals surface area contributed by atoms with Crippen molar-refractivity contribution in [2.45, 2.75) is 52.0 Å². The third kappa shape index (κ3) is 5.62. The summed E-state index contributed by atoms with van der Waals surface area (Å²) in [4.78, 5) is 0. The molecule has 0 aliphatic carbocycles. The SMILES string of the molecule is CCCCC(CC)CC(NC)c1cc(F)cc(Br)c1. The predicted molar refractivity (Wildman–Crippen MR) is 83.8 cm³/mol. The van der Waals surface area contributed by atoms with E-state index in [1.165, 1.54) is 31.7 Å². The quantitative estimate of drug-likeness (QED) is 0.668. The van der Waals surface area contributed by atoms with Gasteiger partial charge in [0.1, 0.15) is 5.82 Å². The van der Waals surface area contributed by atoms with Crippen molar-refractivity contribution >= 4 is 15.9 Å². The zero-order chi connectivity index (χ0) is 14.3. The van der Waals surface area contributed by atoms with Crippen LogP contribution in [0, 0.1) is 11.7 Å². The van der Waals surface area contributed by atoms with Crippen LogP contribution in [0.4, 0.5) is 4.39 Å². The molecular weight excluding hydrogens is 305 g/mol. The summed E-state index contributed by atoms with van der Waals surface area (Å²) in [5, 5.41) is 3.33. The largest absolute Gasteiger partial charge is 0.313 e. The first-order valence-electron chi connectivity index (χ1n) is 7.23. The van der Waals surface area contributed by atoms with Gasteiger partial charge in [0.25, 0.3) is 0 Å². The van der Waals surface area contributed by atoms with E-state index in [4.69, 9.17) is 0 Å². The van der Waals surface area contributed by atoms with Gasteiger partial charge in [0.2, 0.25) is 0 Å². The zero-order valence-electron chi connectivity index (χ0n) is 12.2. The molecule has 19 heavy (non-hydrogen) atoms. The van der Waals surface area contributed by atoms with Crippen LogP contribution in [-0.2, 0) is 0 Å². The molecule has 108 valence electrons. The van der Waals surface area contributed by atoms with E-state index in [1.54, 1.807) is 6.07 Å². The van der Waals surface area contributed by atoms with E-state index in [2.05, 4.69) is 35.1 Å². The van der Waals surface area contributed by atoms with Crippen molar-refractivity contribution in [2.24, 2.45) is 5.92 Å². The minimum Gasteiger partial charge on any atom is -0.313 e. The molecule has 1 N–H and O–H groups in total. The van der Waals surface area contributed by atoms with Gasteiger partial charge < -0.3 is 5.32 Å². The van der Waals surface area contributed by atoms with E-state index in [0.717, 1.165) is 16.5 Å². The second-order valence-electron chi connectivity index (χ2n) is 5.20.